The van der Waals surface area contributed by atoms with Gasteiger partial charge in [-0.1, -0.05) is 6.92 Å². The Hall–Kier alpha value is -0.610. The van der Waals surface area contributed by atoms with Gasteiger partial charge in [0.25, 0.3) is 0 Å². The summed E-state index contributed by atoms with van der Waals surface area (Å²) in [6.45, 7) is 2.72. The minimum absolute atomic E-state index is 0.0884. The van der Waals surface area contributed by atoms with Gasteiger partial charge in [-0.05, 0) is 0 Å². The fourth-order valence-corrected chi connectivity index (χ4v) is 1.34. The second-order valence-electron chi connectivity index (χ2n) is 3.22. The molecule has 1 fully saturated rings. The van der Waals surface area contributed by atoms with Crippen molar-refractivity contribution < 1.29 is 15.0 Å². The maximum atomic E-state index is 11.1. The number of rotatable bonds is 1. The number of piperidine rings is 1. The van der Waals surface area contributed by atoms with Gasteiger partial charge in [-0.3, -0.25) is 4.79 Å². The molecule has 1 saturated heterocycles. The zero-order chi connectivity index (χ0) is 9.19. The van der Waals surface area contributed by atoms with Crippen LogP contribution in [0, 0.1) is 0 Å². The van der Waals surface area contributed by atoms with Crippen molar-refractivity contribution in [2.75, 3.05) is 13.1 Å². The molecule has 0 aromatic carbocycles. The van der Waals surface area contributed by atoms with E-state index in [0.717, 1.165) is 0 Å². The molecule has 0 aliphatic carbocycles. The third kappa shape index (κ3) is 2.19. The van der Waals surface area contributed by atoms with Crippen LogP contribution in [0.4, 0.5) is 0 Å². The van der Waals surface area contributed by atoms with E-state index in [-0.39, 0.29) is 18.7 Å². The summed E-state index contributed by atoms with van der Waals surface area (Å²) in [6.07, 6.45) is 1.02. The van der Waals surface area contributed by atoms with Gasteiger partial charge >= 0.3 is 0 Å². The smallest absolute Gasteiger partial charge is 0.222 e. The third-order valence-electron chi connectivity index (χ3n) is 2.22. The van der Waals surface area contributed by atoms with Gasteiger partial charge < -0.3 is 15.1 Å². The van der Waals surface area contributed by atoms with Crippen molar-refractivity contribution in [2.24, 2.45) is 0 Å². The van der Waals surface area contributed by atoms with Crippen LogP contribution in [0.1, 0.15) is 26.2 Å². The Morgan fingerprint density at radius 3 is 2.33 bits per heavy atom. The lowest BCUT2D eigenvalue weighted by atomic mass is 10.0. The van der Waals surface area contributed by atoms with Crippen molar-refractivity contribution in [1.82, 2.24) is 4.90 Å². The van der Waals surface area contributed by atoms with Crippen molar-refractivity contribution >= 4 is 5.91 Å². The zero-order valence-electron chi connectivity index (χ0n) is 7.29. The van der Waals surface area contributed by atoms with Crippen molar-refractivity contribution in [3.05, 3.63) is 0 Å². The third-order valence-corrected chi connectivity index (χ3v) is 2.22. The van der Waals surface area contributed by atoms with E-state index in [2.05, 4.69) is 0 Å². The number of hydrogen-bond donors (Lipinski definition) is 2. The minimum Gasteiger partial charge on any atom is -0.365 e. The summed E-state index contributed by atoms with van der Waals surface area (Å²) in [4.78, 5) is 12.8. The monoisotopic (exact) mass is 173 g/mol. The van der Waals surface area contributed by atoms with Crippen molar-refractivity contribution in [2.45, 2.75) is 32.0 Å². The average Bonchev–Trinajstić information content (AvgIpc) is 2.03. The SMILES string of the molecule is CCC(=O)N1CCC(O)(O)CC1. The predicted octanol–water partition coefficient (Wildman–Crippen LogP) is -0.300. The Morgan fingerprint density at radius 2 is 1.92 bits per heavy atom. The summed E-state index contributed by atoms with van der Waals surface area (Å²) in [6, 6.07) is 0. The van der Waals surface area contributed by atoms with Gasteiger partial charge in [0.1, 0.15) is 0 Å². The highest BCUT2D eigenvalue weighted by atomic mass is 16.5. The van der Waals surface area contributed by atoms with Crippen LogP contribution in [0.2, 0.25) is 0 Å². The van der Waals surface area contributed by atoms with E-state index in [1.54, 1.807) is 4.90 Å². The highest BCUT2D eigenvalue weighted by Crippen LogP contribution is 2.18. The maximum Gasteiger partial charge on any atom is 0.222 e. The molecule has 12 heavy (non-hydrogen) atoms. The van der Waals surface area contributed by atoms with Crippen LogP contribution in [0.15, 0.2) is 0 Å². The van der Waals surface area contributed by atoms with E-state index in [1.165, 1.54) is 0 Å². The van der Waals surface area contributed by atoms with E-state index in [9.17, 15) is 4.79 Å². The molecule has 0 bridgehead atoms. The first-order valence-corrected chi connectivity index (χ1v) is 4.28. The second kappa shape index (κ2) is 3.41. The summed E-state index contributed by atoms with van der Waals surface area (Å²) >= 11 is 0. The zero-order valence-corrected chi connectivity index (χ0v) is 7.29. The number of carbonyl (C=O) groups is 1. The summed E-state index contributed by atoms with van der Waals surface area (Å²) in [5.41, 5.74) is 0. The summed E-state index contributed by atoms with van der Waals surface area (Å²) in [5.74, 6) is -1.46. The first kappa shape index (κ1) is 9.48. The van der Waals surface area contributed by atoms with Crippen LogP contribution in [0.3, 0.4) is 0 Å². The van der Waals surface area contributed by atoms with E-state index in [4.69, 9.17) is 10.2 Å². The number of likely N-dealkylation sites (tertiary alicyclic amines) is 1. The molecular weight excluding hydrogens is 158 g/mol. The molecule has 0 atom stereocenters. The molecule has 70 valence electrons. The van der Waals surface area contributed by atoms with Gasteiger partial charge in [-0.25, -0.2) is 0 Å². The van der Waals surface area contributed by atoms with Gasteiger partial charge in [-0.2, -0.15) is 0 Å². The van der Waals surface area contributed by atoms with Crippen LogP contribution in [-0.2, 0) is 4.79 Å². The summed E-state index contributed by atoms with van der Waals surface area (Å²) < 4.78 is 0. The average molecular weight is 173 g/mol. The van der Waals surface area contributed by atoms with Crippen molar-refractivity contribution in [1.29, 1.82) is 0 Å². The van der Waals surface area contributed by atoms with Gasteiger partial charge in [0.2, 0.25) is 5.91 Å². The molecule has 1 rings (SSSR count). The molecule has 1 amide bonds. The van der Waals surface area contributed by atoms with Gasteiger partial charge in [0.15, 0.2) is 5.79 Å². The predicted molar refractivity (Wildman–Crippen MR) is 43.3 cm³/mol. The molecule has 1 heterocycles. The van der Waals surface area contributed by atoms with Crippen molar-refractivity contribution in [3.63, 3.8) is 0 Å². The molecule has 2 N–H and O–H groups in total. The van der Waals surface area contributed by atoms with E-state index >= 15 is 0 Å². The lowest BCUT2D eigenvalue weighted by molar-refractivity contribution is -0.190. The van der Waals surface area contributed by atoms with Crippen LogP contribution in [-0.4, -0.2) is 39.9 Å². The fourth-order valence-electron chi connectivity index (χ4n) is 1.34. The molecule has 0 radical (unpaired) electrons. The second-order valence-corrected chi connectivity index (χ2v) is 3.22. The highest BCUT2D eigenvalue weighted by molar-refractivity contribution is 5.75. The molecule has 0 saturated carbocycles. The summed E-state index contributed by atoms with van der Waals surface area (Å²) in [7, 11) is 0. The molecule has 4 heteroatoms. The number of aliphatic hydroxyl groups is 2. The molecule has 0 aromatic rings. The van der Waals surface area contributed by atoms with Crippen molar-refractivity contribution in [3.8, 4) is 0 Å². The summed E-state index contributed by atoms with van der Waals surface area (Å²) in [5, 5.41) is 18.3. The maximum absolute atomic E-state index is 11.1. The van der Waals surface area contributed by atoms with Gasteiger partial charge in [0, 0.05) is 32.4 Å². The Bertz CT molecular complexity index is 169. The lowest BCUT2D eigenvalue weighted by Gasteiger charge is -2.34. The van der Waals surface area contributed by atoms with E-state index in [1.807, 2.05) is 6.92 Å². The molecule has 1 aliphatic heterocycles. The molecule has 0 spiro atoms. The molecular formula is C8H15NO3. The molecule has 0 aromatic heterocycles. The Morgan fingerprint density at radius 1 is 1.42 bits per heavy atom. The van der Waals surface area contributed by atoms with Crippen LogP contribution in [0.25, 0.3) is 0 Å². The number of hydrogen-bond acceptors (Lipinski definition) is 3. The molecule has 1 aliphatic rings. The lowest BCUT2D eigenvalue weighted by Crippen LogP contribution is -2.46. The molecule has 0 unspecified atom stereocenters. The standard InChI is InChI=1S/C8H15NO3/c1-2-7(10)9-5-3-8(11,12)4-6-9/h11-12H,2-6H2,1H3. The minimum atomic E-state index is -1.55. The Kier molecular flexibility index (Phi) is 2.69. The van der Waals surface area contributed by atoms with E-state index in [0.29, 0.717) is 19.5 Å². The Balaban J connectivity index is 2.41. The van der Waals surface area contributed by atoms with Gasteiger partial charge in [-0.15, -0.1) is 0 Å². The normalized spacial score (nSPS) is 22.4. The van der Waals surface area contributed by atoms with Crippen LogP contribution >= 0.6 is 0 Å². The fraction of sp³-hybridized carbons (Fsp3) is 0.875. The number of amides is 1. The first-order chi connectivity index (χ1) is 5.55. The first-order valence-electron chi connectivity index (χ1n) is 4.28. The Labute approximate surface area is 71.8 Å². The van der Waals surface area contributed by atoms with E-state index < -0.39 is 5.79 Å². The highest BCUT2D eigenvalue weighted by Gasteiger charge is 2.30. The topological polar surface area (TPSA) is 60.8 Å². The number of carbonyl (C=O) groups excluding carboxylic acids is 1. The quantitative estimate of drug-likeness (QED) is 0.535. The molecule has 4 nitrogen and oxygen atoms in total. The largest absolute Gasteiger partial charge is 0.365 e. The van der Waals surface area contributed by atoms with Gasteiger partial charge in [0.05, 0.1) is 0 Å². The van der Waals surface area contributed by atoms with Crippen LogP contribution in [0.5, 0.6) is 0 Å². The van der Waals surface area contributed by atoms with Crippen LogP contribution < -0.4 is 0 Å². The number of nitrogens with zero attached hydrogens (tertiary/aromatic N) is 1.